The molecule has 0 amide bonds. The molecule has 1 aromatic carbocycles. The first kappa shape index (κ1) is 12.7. The molecule has 0 aliphatic rings. The van der Waals surface area contributed by atoms with Crippen LogP contribution in [0, 0.1) is 10.1 Å². The van der Waals surface area contributed by atoms with Gasteiger partial charge in [0.15, 0.2) is 0 Å². The van der Waals surface area contributed by atoms with Crippen molar-refractivity contribution in [3.8, 4) is 22.8 Å². The summed E-state index contributed by atoms with van der Waals surface area (Å²) in [5, 5.41) is 14.8. The van der Waals surface area contributed by atoms with Gasteiger partial charge in [-0.3, -0.25) is 10.1 Å². The van der Waals surface area contributed by atoms with Gasteiger partial charge in [0, 0.05) is 12.3 Å². The number of benzene rings is 1. The topological polar surface area (TPSA) is 121 Å². The van der Waals surface area contributed by atoms with Gasteiger partial charge in [-0.05, 0) is 18.2 Å². The lowest BCUT2D eigenvalue weighted by atomic mass is 10.1. The molecular formula is C13H9N5O3. The fraction of sp³-hybridized carbons (Fsp3) is 0. The molecule has 0 aliphatic carbocycles. The molecule has 0 saturated heterocycles. The Morgan fingerprint density at radius 3 is 2.71 bits per heavy atom. The van der Waals surface area contributed by atoms with E-state index in [0.29, 0.717) is 16.9 Å². The number of hydrogen-bond acceptors (Lipinski definition) is 7. The van der Waals surface area contributed by atoms with Gasteiger partial charge in [-0.1, -0.05) is 17.3 Å². The van der Waals surface area contributed by atoms with Crippen molar-refractivity contribution >= 4 is 11.5 Å². The molecule has 0 aliphatic heterocycles. The zero-order chi connectivity index (χ0) is 14.8. The molecule has 0 spiro atoms. The molecule has 3 rings (SSSR count). The Labute approximate surface area is 118 Å². The lowest BCUT2D eigenvalue weighted by Gasteiger charge is -1.96. The van der Waals surface area contributed by atoms with Crippen LogP contribution in [0.25, 0.3) is 22.8 Å². The quantitative estimate of drug-likeness (QED) is 0.578. The first-order chi connectivity index (χ1) is 10.1. The maximum absolute atomic E-state index is 11.0. The highest BCUT2D eigenvalue weighted by molar-refractivity contribution is 5.68. The van der Waals surface area contributed by atoms with Crippen molar-refractivity contribution < 1.29 is 9.45 Å². The first-order valence-corrected chi connectivity index (χ1v) is 5.94. The molecule has 2 aromatic heterocycles. The van der Waals surface area contributed by atoms with Gasteiger partial charge in [-0.25, -0.2) is 4.98 Å². The van der Waals surface area contributed by atoms with Crippen molar-refractivity contribution in [3.05, 3.63) is 52.7 Å². The average Bonchev–Trinajstić information content (AvgIpc) is 2.97. The Kier molecular flexibility index (Phi) is 3.03. The highest BCUT2D eigenvalue weighted by Crippen LogP contribution is 2.28. The van der Waals surface area contributed by atoms with Crippen molar-refractivity contribution in [2.45, 2.75) is 0 Å². The van der Waals surface area contributed by atoms with E-state index in [4.69, 9.17) is 10.3 Å². The minimum Gasteiger partial charge on any atom is -0.384 e. The minimum absolute atomic E-state index is 0.0831. The number of anilines is 1. The summed E-state index contributed by atoms with van der Waals surface area (Å²) in [4.78, 5) is 18.6. The second-order valence-corrected chi connectivity index (χ2v) is 4.17. The molecule has 2 heterocycles. The third-order valence-electron chi connectivity index (χ3n) is 2.80. The number of nitrogens with zero attached hydrogens (tertiary/aromatic N) is 4. The molecular weight excluding hydrogens is 274 g/mol. The summed E-state index contributed by atoms with van der Waals surface area (Å²) in [6.07, 6.45) is 1.49. The predicted molar refractivity (Wildman–Crippen MR) is 74.0 cm³/mol. The number of hydrogen-bond donors (Lipinski definition) is 1. The third kappa shape index (κ3) is 2.41. The molecule has 8 nitrogen and oxygen atoms in total. The maximum Gasteiger partial charge on any atom is 0.280 e. The molecule has 2 N–H and O–H groups in total. The van der Waals surface area contributed by atoms with Gasteiger partial charge in [0.25, 0.3) is 11.6 Å². The van der Waals surface area contributed by atoms with Crippen LogP contribution in [0.2, 0.25) is 0 Å². The monoisotopic (exact) mass is 283 g/mol. The van der Waals surface area contributed by atoms with Crippen molar-refractivity contribution in [1.82, 2.24) is 15.1 Å². The van der Waals surface area contributed by atoms with Gasteiger partial charge in [-0.2, -0.15) is 4.98 Å². The van der Waals surface area contributed by atoms with Crippen LogP contribution in [0.15, 0.2) is 47.1 Å². The number of pyridine rings is 1. The molecule has 104 valence electrons. The van der Waals surface area contributed by atoms with E-state index in [1.807, 2.05) is 0 Å². The van der Waals surface area contributed by atoms with Gasteiger partial charge >= 0.3 is 0 Å². The zero-order valence-electron chi connectivity index (χ0n) is 10.6. The summed E-state index contributed by atoms with van der Waals surface area (Å²) in [6, 6.07) is 9.48. The van der Waals surface area contributed by atoms with Gasteiger partial charge in [0.05, 0.1) is 10.5 Å². The standard InChI is InChI=1S/C13H9N5O3/c14-11-6-5-8(7-15-11)13-16-12(17-21-13)9-3-1-2-4-10(9)18(19)20/h1-7H,(H2,14,15). The number of nitro groups is 1. The average molecular weight is 283 g/mol. The van der Waals surface area contributed by atoms with Gasteiger partial charge in [0.2, 0.25) is 5.82 Å². The number of nitro benzene ring substituents is 1. The molecule has 3 aromatic rings. The third-order valence-corrected chi connectivity index (χ3v) is 2.80. The fourth-order valence-corrected chi connectivity index (χ4v) is 1.80. The lowest BCUT2D eigenvalue weighted by Crippen LogP contribution is -1.92. The summed E-state index contributed by atoms with van der Waals surface area (Å²) in [5.74, 6) is 0.738. The summed E-state index contributed by atoms with van der Waals surface area (Å²) in [6.45, 7) is 0. The number of nitrogens with two attached hydrogens (primary N) is 1. The summed E-state index contributed by atoms with van der Waals surface area (Å²) in [5.41, 5.74) is 6.30. The lowest BCUT2D eigenvalue weighted by molar-refractivity contribution is -0.384. The van der Waals surface area contributed by atoms with Crippen molar-refractivity contribution in [3.63, 3.8) is 0 Å². The molecule has 0 saturated carbocycles. The van der Waals surface area contributed by atoms with E-state index in [9.17, 15) is 10.1 Å². The highest BCUT2D eigenvalue weighted by atomic mass is 16.6. The fourth-order valence-electron chi connectivity index (χ4n) is 1.80. The van der Waals surface area contributed by atoms with Gasteiger partial charge in [-0.15, -0.1) is 0 Å². The maximum atomic E-state index is 11.0. The Morgan fingerprint density at radius 1 is 1.19 bits per heavy atom. The van der Waals surface area contributed by atoms with Crippen LogP contribution in [-0.4, -0.2) is 20.0 Å². The van der Waals surface area contributed by atoms with Crippen LogP contribution >= 0.6 is 0 Å². The van der Waals surface area contributed by atoms with Gasteiger partial charge in [0.1, 0.15) is 11.4 Å². The zero-order valence-corrected chi connectivity index (χ0v) is 10.6. The second kappa shape index (κ2) is 5.00. The number of para-hydroxylation sites is 1. The van der Waals surface area contributed by atoms with Gasteiger partial charge < -0.3 is 10.3 Å². The molecule has 21 heavy (non-hydrogen) atoms. The van der Waals surface area contributed by atoms with Crippen LogP contribution in [0.3, 0.4) is 0 Å². The summed E-state index contributed by atoms with van der Waals surface area (Å²) >= 11 is 0. The Hall–Kier alpha value is -3.29. The predicted octanol–water partition coefficient (Wildman–Crippen LogP) is 2.29. The largest absolute Gasteiger partial charge is 0.384 e. The van der Waals surface area contributed by atoms with Crippen molar-refractivity contribution in [2.75, 3.05) is 5.73 Å². The van der Waals surface area contributed by atoms with E-state index in [0.717, 1.165) is 0 Å². The van der Waals surface area contributed by atoms with Crippen LogP contribution in [0.5, 0.6) is 0 Å². The number of rotatable bonds is 3. The smallest absolute Gasteiger partial charge is 0.280 e. The molecule has 0 fully saturated rings. The molecule has 0 atom stereocenters. The Bertz CT molecular complexity index is 798. The van der Waals surface area contributed by atoms with E-state index >= 15 is 0 Å². The molecule has 0 radical (unpaired) electrons. The minimum atomic E-state index is -0.490. The van der Waals surface area contributed by atoms with E-state index in [1.54, 1.807) is 30.3 Å². The van der Waals surface area contributed by atoms with E-state index < -0.39 is 4.92 Å². The SMILES string of the molecule is Nc1ccc(-c2nc(-c3ccccc3[N+](=O)[O-])no2)cn1. The van der Waals surface area contributed by atoms with Crippen LogP contribution in [-0.2, 0) is 0 Å². The number of nitrogen functional groups attached to an aromatic ring is 1. The highest BCUT2D eigenvalue weighted by Gasteiger charge is 2.19. The molecule has 8 heteroatoms. The van der Waals surface area contributed by atoms with Crippen LogP contribution in [0.4, 0.5) is 11.5 Å². The molecule has 0 unspecified atom stereocenters. The second-order valence-electron chi connectivity index (χ2n) is 4.17. The van der Waals surface area contributed by atoms with Crippen molar-refractivity contribution in [1.29, 1.82) is 0 Å². The van der Waals surface area contributed by atoms with Crippen molar-refractivity contribution in [2.24, 2.45) is 0 Å². The van der Waals surface area contributed by atoms with Crippen LogP contribution < -0.4 is 5.73 Å². The van der Waals surface area contributed by atoms with E-state index in [1.165, 1.54) is 12.3 Å². The Morgan fingerprint density at radius 2 is 2.00 bits per heavy atom. The van der Waals surface area contributed by atoms with Crippen LogP contribution in [0.1, 0.15) is 0 Å². The summed E-state index contributed by atoms with van der Waals surface area (Å²) in [7, 11) is 0. The van der Waals surface area contributed by atoms with E-state index in [2.05, 4.69) is 15.1 Å². The Balaban J connectivity index is 2.03. The molecule has 0 bridgehead atoms. The first-order valence-electron chi connectivity index (χ1n) is 5.94. The van der Waals surface area contributed by atoms with E-state index in [-0.39, 0.29) is 17.4 Å². The number of aromatic nitrogens is 3. The normalized spacial score (nSPS) is 10.5. The summed E-state index contributed by atoms with van der Waals surface area (Å²) < 4.78 is 5.12.